The zero-order valence-electron chi connectivity index (χ0n) is 9.72. The summed E-state index contributed by atoms with van der Waals surface area (Å²) in [5.74, 6) is -4.90. The zero-order chi connectivity index (χ0) is 13.9. The van der Waals surface area contributed by atoms with Crippen LogP contribution in [0.5, 0.6) is 0 Å². The Labute approximate surface area is 103 Å². The first-order chi connectivity index (χ1) is 8.25. The lowest BCUT2D eigenvalue weighted by Crippen LogP contribution is -2.35. The van der Waals surface area contributed by atoms with Crippen molar-refractivity contribution < 1.29 is 22.0 Å². The highest BCUT2D eigenvalue weighted by Gasteiger charge is 2.28. The van der Waals surface area contributed by atoms with E-state index in [9.17, 15) is 22.0 Å². The van der Waals surface area contributed by atoms with Crippen LogP contribution in [0.2, 0.25) is 0 Å². The van der Waals surface area contributed by atoms with Crippen LogP contribution in [0, 0.1) is 0 Å². The second kappa shape index (κ2) is 5.38. The number of rotatable bonds is 4. The van der Waals surface area contributed by atoms with Gasteiger partial charge in [0.15, 0.2) is 0 Å². The van der Waals surface area contributed by atoms with E-state index in [1.807, 2.05) is 0 Å². The summed E-state index contributed by atoms with van der Waals surface area (Å²) in [5.41, 5.74) is 0.316. The number of pyridine rings is 1. The number of nitrogens with one attached hydrogen (secondary N) is 1. The first-order valence-electron chi connectivity index (χ1n) is 5.04. The van der Waals surface area contributed by atoms with Crippen molar-refractivity contribution in [2.75, 3.05) is 0 Å². The predicted octanol–water partition coefficient (Wildman–Crippen LogP) is 1.49. The molecule has 1 N–H and O–H groups in total. The minimum absolute atomic E-state index is 0.0892. The second-order valence-electron chi connectivity index (χ2n) is 3.83. The molecule has 0 saturated carbocycles. The van der Waals surface area contributed by atoms with Crippen LogP contribution in [-0.4, -0.2) is 25.1 Å². The minimum atomic E-state index is -4.96. The Kier molecular flexibility index (Phi) is 4.33. The lowest BCUT2D eigenvalue weighted by molar-refractivity contribution is 0.0970. The molecule has 0 aromatic carbocycles. The van der Waals surface area contributed by atoms with Gasteiger partial charge < -0.3 is 0 Å². The van der Waals surface area contributed by atoms with Crippen LogP contribution in [0.4, 0.5) is 8.78 Å². The van der Waals surface area contributed by atoms with Gasteiger partial charge in [-0.05, 0) is 17.5 Å². The van der Waals surface area contributed by atoms with Crippen molar-refractivity contribution in [1.82, 2.24) is 9.71 Å². The highest BCUT2D eigenvalue weighted by atomic mass is 32.2. The van der Waals surface area contributed by atoms with Gasteiger partial charge in [0, 0.05) is 6.20 Å². The monoisotopic (exact) mass is 278 g/mol. The van der Waals surface area contributed by atoms with Crippen LogP contribution in [0.15, 0.2) is 18.3 Å². The molecule has 100 valence electrons. The van der Waals surface area contributed by atoms with E-state index >= 15 is 0 Å². The first kappa shape index (κ1) is 14.5. The number of amides is 1. The summed E-state index contributed by atoms with van der Waals surface area (Å²) >= 11 is 0. The van der Waals surface area contributed by atoms with Crippen LogP contribution in [0.3, 0.4) is 0 Å². The molecule has 1 amide bonds. The molecule has 0 aliphatic carbocycles. The summed E-state index contributed by atoms with van der Waals surface area (Å²) in [6.07, 6.45) is 1.29. The number of halogens is 2. The molecule has 0 aliphatic heterocycles. The smallest absolute Gasteiger partial charge is 0.266 e. The zero-order valence-corrected chi connectivity index (χ0v) is 10.5. The number of carbonyl (C=O) groups is 1. The SMILES string of the molecule is CC(C)c1cccnc1C(=O)NS(=O)(=O)C(F)F. The highest BCUT2D eigenvalue weighted by Crippen LogP contribution is 2.17. The van der Waals surface area contributed by atoms with Crippen LogP contribution in [-0.2, 0) is 10.0 Å². The molecule has 0 fully saturated rings. The fourth-order valence-electron chi connectivity index (χ4n) is 1.30. The topological polar surface area (TPSA) is 76.1 Å². The third kappa shape index (κ3) is 3.22. The third-order valence-electron chi connectivity index (χ3n) is 2.15. The Hall–Kier alpha value is -1.57. The van der Waals surface area contributed by atoms with E-state index in [1.54, 1.807) is 26.0 Å². The predicted molar refractivity (Wildman–Crippen MR) is 60.7 cm³/mol. The Morgan fingerprint density at radius 2 is 2.00 bits per heavy atom. The van der Waals surface area contributed by atoms with Gasteiger partial charge in [-0.3, -0.25) is 9.78 Å². The van der Waals surface area contributed by atoms with E-state index < -0.39 is 21.7 Å². The van der Waals surface area contributed by atoms with Crippen molar-refractivity contribution in [3.8, 4) is 0 Å². The molecule has 1 heterocycles. The molecular weight excluding hydrogens is 266 g/mol. The first-order valence-corrected chi connectivity index (χ1v) is 6.59. The van der Waals surface area contributed by atoms with Gasteiger partial charge in [0.25, 0.3) is 15.9 Å². The molecule has 0 bridgehead atoms. The summed E-state index contributed by atoms with van der Waals surface area (Å²) in [6.45, 7) is 3.55. The highest BCUT2D eigenvalue weighted by molar-refractivity contribution is 7.90. The maximum atomic E-state index is 12.1. The van der Waals surface area contributed by atoms with Crippen molar-refractivity contribution >= 4 is 15.9 Å². The van der Waals surface area contributed by atoms with E-state index in [0.717, 1.165) is 0 Å². The van der Waals surface area contributed by atoms with E-state index in [1.165, 1.54) is 10.9 Å². The fraction of sp³-hybridized carbons (Fsp3) is 0.400. The second-order valence-corrected chi connectivity index (χ2v) is 5.48. The largest absolute Gasteiger partial charge is 0.355 e. The molecule has 0 unspecified atom stereocenters. The number of sulfonamides is 1. The Bertz CT molecular complexity index is 544. The molecule has 1 rings (SSSR count). The van der Waals surface area contributed by atoms with E-state index in [-0.39, 0.29) is 11.6 Å². The number of nitrogens with zero attached hydrogens (tertiary/aromatic N) is 1. The number of aromatic nitrogens is 1. The van der Waals surface area contributed by atoms with Crippen LogP contribution in [0.1, 0.15) is 35.8 Å². The molecule has 0 spiro atoms. The molecular formula is C10H12F2N2O3S. The van der Waals surface area contributed by atoms with Crippen molar-refractivity contribution in [2.24, 2.45) is 0 Å². The van der Waals surface area contributed by atoms with Gasteiger partial charge in [-0.15, -0.1) is 0 Å². The molecule has 1 aromatic rings. The lowest BCUT2D eigenvalue weighted by Gasteiger charge is -2.11. The maximum Gasteiger partial charge on any atom is 0.355 e. The van der Waals surface area contributed by atoms with E-state index in [4.69, 9.17) is 0 Å². The van der Waals surface area contributed by atoms with Crippen LogP contribution >= 0.6 is 0 Å². The van der Waals surface area contributed by atoms with Gasteiger partial charge in [-0.25, -0.2) is 13.1 Å². The molecule has 5 nitrogen and oxygen atoms in total. The fourth-order valence-corrected chi connectivity index (χ4v) is 1.74. The number of alkyl halides is 2. The normalized spacial score (nSPS) is 11.9. The lowest BCUT2D eigenvalue weighted by atomic mass is 10.0. The average molecular weight is 278 g/mol. The van der Waals surface area contributed by atoms with Gasteiger partial charge in [-0.2, -0.15) is 8.78 Å². The molecule has 18 heavy (non-hydrogen) atoms. The van der Waals surface area contributed by atoms with Gasteiger partial charge in [0.05, 0.1) is 0 Å². The minimum Gasteiger partial charge on any atom is -0.266 e. The molecule has 8 heteroatoms. The number of carbonyl (C=O) groups excluding carboxylic acids is 1. The summed E-state index contributed by atoms with van der Waals surface area (Å²) in [4.78, 5) is 15.3. The average Bonchev–Trinajstić information content (AvgIpc) is 2.28. The summed E-state index contributed by atoms with van der Waals surface area (Å²) < 4.78 is 47.3. The summed E-state index contributed by atoms with van der Waals surface area (Å²) in [6, 6.07) is 3.16. The van der Waals surface area contributed by atoms with Gasteiger partial charge >= 0.3 is 5.76 Å². The quantitative estimate of drug-likeness (QED) is 0.905. The van der Waals surface area contributed by atoms with Gasteiger partial charge in [0.2, 0.25) is 0 Å². The van der Waals surface area contributed by atoms with Crippen molar-refractivity contribution in [3.05, 3.63) is 29.6 Å². The molecule has 0 saturated heterocycles. The Morgan fingerprint density at radius 3 is 2.50 bits per heavy atom. The third-order valence-corrected chi connectivity index (χ3v) is 3.08. The van der Waals surface area contributed by atoms with Crippen LogP contribution in [0.25, 0.3) is 0 Å². The molecule has 0 radical (unpaired) electrons. The molecule has 0 atom stereocenters. The summed E-state index contributed by atoms with van der Waals surface area (Å²) in [5, 5.41) is 0. The number of hydrogen-bond acceptors (Lipinski definition) is 4. The van der Waals surface area contributed by atoms with Crippen molar-refractivity contribution in [2.45, 2.75) is 25.5 Å². The number of hydrogen-bond donors (Lipinski definition) is 1. The Balaban J connectivity index is 3.06. The van der Waals surface area contributed by atoms with Gasteiger partial charge in [0.1, 0.15) is 5.69 Å². The standard InChI is InChI=1S/C10H12F2N2O3S/c1-6(2)7-4-3-5-13-8(7)9(15)14-18(16,17)10(11)12/h3-6,10H,1-2H3,(H,14,15). The maximum absolute atomic E-state index is 12.1. The molecule has 1 aromatic heterocycles. The molecule has 0 aliphatic rings. The Morgan fingerprint density at radius 1 is 1.39 bits per heavy atom. The van der Waals surface area contributed by atoms with E-state index in [2.05, 4.69) is 4.98 Å². The summed E-state index contributed by atoms with van der Waals surface area (Å²) in [7, 11) is -4.96. The van der Waals surface area contributed by atoms with Gasteiger partial charge in [-0.1, -0.05) is 19.9 Å². The van der Waals surface area contributed by atoms with E-state index in [0.29, 0.717) is 5.56 Å². The van der Waals surface area contributed by atoms with Crippen molar-refractivity contribution in [1.29, 1.82) is 0 Å². The van der Waals surface area contributed by atoms with Crippen molar-refractivity contribution in [3.63, 3.8) is 0 Å². The van der Waals surface area contributed by atoms with Crippen LogP contribution < -0.4 is 4.72 Å².